The zero-order valence-electron chi connectivity index (χ0n) is 9.34. The van der Waals surface area contributed by atoms with Crippen molar-refractivity contribution in [1.29, 1.82) is 0 Å². The smallest absolute Gasteiger partial charge is 0.137 e. The van der Waals surface area contributed by atoms with Gasteiger partial charge in [-0.25, -0.2) is 9.37 Å². The number of nitrogens with one attached hydrogen (secondary N) is 2. The molecule has 0 aliphatic rings. The molecule has 3 nitrogen and oxygen atoms in total. The SMILES string of the molecule is CNCc1nc(-c2cccc(F)c2)[nH]c1C. The first-order valence-corrected chi connectivity index (χ1v) is 5.16. The summed E-state index contributed by atoms with van der Waals surface area (Å²) in [6, 6.07) is 6.42. The number of imidazole rings is 1. The highest BCUT2D eigenvalue weighted by Gasteiger charge is 2.07. The number of aromatic nitrogens is 2. The molecule has 2 N–H and O–H groups in total. The molecule has 0 saturated heterocycles. The molecule has 0 amide bonds. The molecule has 0 atom stereocenters. The van der Waals surface area contributed by atoms with Gasteiger partial charge in [-0.15, -0.1) is 0 Å². The topological polar surface area (TPSA) is 40.7 Å². The first-order chi connectivity index (χ1) is 7.70. The second-order valence-corrected chi connectivity index (χ2v) is 3.70. The van der Waals surface area contributed by atoms with Crippen LogP contribution in [0.25, 0.3) is 11.4 Å². The monoisotopic (exact) mass is 219 g/mol. The highest BCUT2D eigenvalue weighted by atomic mass is 19.1. The summed E-state index contributed by atoms with van der Waals surface area (Å²) in [5.74, 6) is 0.462. The number of aromatic amines is 1. The normalized spacial score (nSPS) is 10.7. The standard InChI is InChI=1S/C12H14FN3/c1-8-11(7-14-2)16-12(15-8)9-4-3-5-10(13)6-9/h3-6,14H,7H2,1-2H3,(H,15,16). The van der Waals surface area contributed by atoms with Crippen LogP contribution in [0.4, 0.5) is 4.39 Å². The summed E-state index contributed by atoms with van der Waals surface area (Å²) in [7, 11) is 1.87. The van der Waals surface area contributed by atoms with Gasteiger partial charge in [0.05, 0.1) is 5.69 Å². The van der Waals surface area contributed by atoms with E-state index in [9.17, 15) is 4.39 Å². The van der Waals surface area contributed by atoms with Gasteiger partial charge in [0.2, 0.25) is 0 Å². The van der Waals surface area contributed by atoms with E-state index in [0.29, 0.717) is 12.4 Å². The molecule has 1 aromatic heterocycles. The van der Waals surface area contributed by atoms with E-state index in [1.807, 2.05) is 20.0 Å². The van der Waals surface area contributed by atoms with E-state index in [0.717, 1.165) is 17.0 Å². The third-order valence-electron chi connectivity index (χ3n) is 2.43. The molecular weight excluding hydrogens is 205 g/mol. The molecule has 84 valence electrons. The zero-order chi connectivity index (χ0) is 11.5. The fourth-order valence-corrected chi connectivity index (χ4v) is 1.61. The van der Waals surface area contributed by atoms with E-state index in [4.69, 9.17) is 0 Å². The van der Waals surface area contributed by atoms with E-state index < -0.39 is 0 Å². The van der Waals surface area contributed by atoms with Crippen molar-refractivity contribution in [3.63, 3.8) is 0 Å². The molecule has 16 heavy (non-hydrogen) atoms. The second kappa shape index (κ2) is 4.45. The highest BCUT2D eigenvalue weighted by Crippen LogP contribution is 2.18. The van der Waals surface area contributed by atoms with Gasteiger partial charge in [0.15, 0.2) is 0 Å². The van der Waals surface area contributed by atoms with Gasteiger partial charge < -0.3 is 10.3 Å². The quantitative estimate of drug-likeness (QED) is 0.831. The van der Waals surface area contributed by atoms with E-state index in [1.54, 1.807) is 6.07 Å². The van der Waals surface area contributed by atoms with Crippen LogP contribution in [0.15, 0.2) is 24.3 Å². The summed E-state index contributed by atoms with van der Waals surface area (Å²) >= 11 is 0. The largest absolute Gasteiger partial charge is 0.342 e. The Morgan fingerprint density at radius 1 is 1.44 bits per heavy atom. The minimum Gasteiger partial charge on any atom is -0.342 e. The maximum absolute atomic E-state index is 13.1. The number of benzene rings is 1. The average Bonchev–Trinajstić information content (AvgIpc) is 2.61. The third kappa shape index (κ3) is 2.12. The van der Waals surface area contributed by atoms with Crippen molar-refractivity contribution in [3.8, 4) is 11.4 Å². The minimum atomic E-state index is -0.248. The van der Waals surface area contributed by atoms with Gasteiger partial charge in [0.1, 0.15) is 11.6 Å². The molecule has 0 aliphatic heterocycles. The number of rotatable bonds is 3. The van der Waals surface area contributed by atoms with Crippen LogP contribution in [0, 0.1) is 12.7 Å². The molecule has 0 spiro atoms. The number of hydrogen-bond donors (Lipinski definition) is 2. The fourth-order valence-electron chi connectivity index (χ4n) is 1.61. The Morgan fingerprint density at radius 2 is 2.25 bits per heavy atom. The van der Waals surface area contributed by atoms with Crippen LogP contribution in [0.3, 0.4) is 0 Å². The van der Waals surface area contributed by atoms with Crippen LogP contribution >= 0.6 is 0 Å². The van der Waals surface area contributed by atoms with Gasteiger partial charge in [0.25, 0.3) is 0 Å². The van der Waals surface area contributed by atoms with Crippen molar-refractivity contribution < 1.29 is 4.39 Å². The predicted octanol–water partition coefficient (Wildman–Crippen LogP) is 2.24. The molecular formula is C12H14FN3. The molecule has 0 aliphatic carbocycles. The van der Waals surface area contributed by atoms with Crippen LogP contribution in [0.1, 0.15) is 11.4 Å². The minimum absolute atomic E-state index is 0.248. The van der Waals surface area contributed by atoms with Crippen LogP contribution in [0.2, 0.25) is 0 Å². The zero-order valence-corrected chi connectivity index (χ0v) is 9.34. The van der Waals surface area contributed by atoms with Gasteiger partial charge in [-0.3, -0.25) is 0 Å². The summed E-state index contributed by atoms with van der Waals surface area (Å²) in [6.07, 6.45) is 0. The Hall–Kier alpha value is -1.68. The second-order valence-electron chi connectivity index (χ2n) is 3.70. The maximum atomic E-state index is 13.1. The average molecular weight is 219 g/mol. The van der Waals surface area contributed by atoms with E-state index >= 15 is 0 Å². The molecule has 0 saturated carbocycles. The van der Waals surface area contributed by atoms with Crippen molar-refractivity contribution in [2.24, 2.45) is 0 Å². The molecule has 2 rings (SSSR count). The number of nitrogens with zero attached hydrogens (tertiary/aromatic N) is 1. The van der Waals surface area contributed by atoms with Crippen molar-refractivity contribution >= 4 is 0 Å². The number of halogens is 1. The first-order valence-electron chi connectivity index (χ1n) is 5.16. The lowest BCUT2D eigenvalue weighted by Crippen LogP contribution is -2.06. The van der Waals surface area contributed by atoms with E-state index in [-0.39, 0.29) is 5.82 Å². The van der Waals surface area contributed by atoms with Gasteiger partial charge >= 0.3 is 0 Å². The maximum Gasteiger partial charge on any atom is 0.137 e. The third-order valence-corrected chi connectivity index (χ3v) is 2.43. The Labute approximate surface area is 93.7 Å². The lowest BCUT2D eigenvalue weighted by molar-refractivity contribution is 0.628. The lowest BCUT2D eigenvalue weighted by Gasteiger charge is -1.96. The van der Waals surface area contributed by atoms with Gasteiger partial charge in [-0.2, -0.15) is 0 Å². The van der Waals surface area contributed by atoms with Crippen molar-refractivity contribution in [2.45, 2.75) is 13.5 Å². The van der Waals surface area contributed by atoms with Crippen molar-refractivity contribution in [3.05, 3.63) is 41.5 Å². The molecule has 1 heterocycles. The number of aryl methyl sites for hydroxylation is 1. The molecule has 1 aromatic carbocycles. The van der Waals surface area contributed by atoms with E-state index in [2.05, 4.69) is 15.3 Å². The first kappa shape index (κ1) is 10.8. The highest BCUT2D eigenvalue weighted by molar-refractivity contribution is 5.55. The summed E-state index contributed by atoms with van der Waals surface area (Å²) in [5, 5.41) is 3.04. The Bertz CT molecular complexity index is 491. The Balaban J connectivity index is 2.37. The summed E-state index contributed by atoms with van der Waals surface area (Å²) in [6.45, 7) is 2.67. The lowest BCUT2D eigenvalue weighted by atomic mass is 10.2. The number of hydrogen-bond acceptors (Lipinski definition) is 2. The fraction of sp³-hybridized carbons (Fsp3) is 0.250. The molecule has 0 radical (unpaired) electrons. The predicted molar refractivity (Wildman–Crippen MR) is 61.5 cm³/mol. The molecule has 4 heteroatoms. The summed E-state index contributed by atoms with van der Waals surface area (Å²) < 4.78 is 13.1. The Kier molecular flexibility index (Phi) is 3.01. The van der Waals surface area contributed by atoms with Gasteiger partial charge in [-0.1, -0.05) is 12.1 Å². The molecule has 0 unspecified atom stereocenters. The molecule has 2 aromatic rings. The summed E-state index contributed by atoms with van der Waals surface area (Å²) in [5.41, 5.74) is 2.74. The number of H-pyrrole nitrogens is 1. The van der Waals surface area contributed by atoms with Gasteiger partial charge in [-0.05, 0) is 26.1 Å². The van der Waals surface area contributed by atoms with Crippen LogP contribution < -0.4 is 5.32 Å². The molecule has 0 fully saturated rings. The Morgan fingerprint density at radius 3 is 2.94 bits per heavy atom. The molecule has 0 bridgehead atoms. The van der Waals surface area contributed by atoms with Crippen LogP contribution in [0.5, 0.6) is 0 Å². The van der Waals surface area contributed by atoms with Crippen molar-refractivity contribution in [1.82, 2.24) is 15.3 Å². The van der Waals surface area contributed by atoms with Crippen LogP contribution in [-0.2, 0) is 6.54 Å². The van der Waals surface area contributed by atoms with Gasteiger partial charge in [0, 0.05) is 17.8 Å². The summed E-state index contributed by atoms with van der Waals surface area (Å²) in [4.78, 5) is 7.58. The van der Waals surface area contributed by atoms with Crippen LogP contribution in [-0.4, -0.2) is 17.0 Å². The van der Waals surface area contributed by atoms with Crippen molar-refractivity contribution in [2.75, 3.05) is 7.05 Å². The van der Waals surface area contributed by atoms with E-state index in [1.165, 1.54) is 12.1 Å².